The first kappa shape index (κ1) is 17.7. The van der Waals surface area contributed by atoms with Crippen molar-refractivity contribution in [2.75, 3.05) is 6.54 Å². The Balaban J connectivity index is 1.68. The molecule has 0 N–H and O–H groups in total. The summed E-state index contributed by atoms with van der Waals surface area (Å²) in [6, 6.07) is 12.7. The van der Waals surface area contributed by atoms with Gasteiger partial charge in [0.15, 0.2) is 0 Å². The van der Waals surface area contributed by atoms with Crippen LogP contribution >= 0.6 is 11.6 Å². The molecule has 0 atom stereocenters. The number of hydrogen-bond donors (Lipinski definition) is 0. The van der Waals surface area contributed by atoms with Gasteiger partial charge >= 0.3 is 0 Å². The largest absolute Gasteiger partial charge is 0.343 e. The van der Waals surface area contributed by atoms with Gasteiger partial charge in [0.2, 0.25) is 0 Å². The van der Waals surface area contributed by atoms with E-state index in [1.165, 1.54) is 11.6 Å². The fraction of sp³-hybridized carbons (Fsp3) is 0.182. The molecule has 0 saturated carbocycles. The first-order valence-electron chi connectivity index (χ1n) is 8.96. The molecule has 0 amide bonds. The zero-order valence-corrected chi connectivity index (χ0v) is 15.5. The van der Waals surface area contributed by atoms with Crippen LogP contribution in [0.15, 0.2) is 71.6 Å². The molecular weight excluding hydrogens is 361 g/mol. The molecule has 3 aromatic rings. The van der Waals surface area contributed by atoms with Crippen molar-refractivity contribution < 1.29 is 4.39 Å². The zero-order valence-electron chi connectivity index (χ0n) is 14.8. The van der Waals surface area contributed by atoms with Gasteiger partial charge in [-0.25, -0.2) is 4.39 Å². The lowest BCUT2D eigenvalue weighted by Gasteiger charge is -2.17. The predicted octanol–water partition coefficient (Wildman–Crippen LogP) is 5.39. The van der Waals surface area contributed by atoms with E-state index >= 15 is 0 Å². The highest BCUT2D eigenvalue weighted by Crippen LogP contribution is 2.24. The Hall–Kier alpha value is -2.72. The van der Waals surface area contributed by atoms with Gasteiger partial charge in [0.1, 0.15) is 5.82 Å². The minimum absolute atomic E-state index is 0.287. The molecule has 0 bridgehead atoms. The van der Waals surface area contributed by atoms with E-state index in [1.54, 1.807) is 18.3 Å². The van der Waals surface area contributed by atoms with Crippen LogP contribution in [0.3, 0.4) is 0 Å². The zero-order chi connectivity index (χ0) is 18.6. The van der Waals surface area contributed by atoms with E-state index in [2.05, 4.69) is 11.1 Å². The first-order chi connectivity index (χ1) is 13.2. The van der Waals surface area contributed by atoms with E-state index in [0.717, 1.165) is 36.4 Å². The topological polar surface area (TPSA) is 30.2 Å². The maximum Gasteiger partial charge on any atom is 0.129 e. The summed E-state index contributed by atoms with van der Waals surface area (Å²) in [6.45, 7) is 1.21. The van der Waals surface area contributed by atoms with Gasteiger partial charge in [0.25, 0.3) is 0 Å². The molecule has 0 unspecified atom stereocenters. The molecule has 1 aromatic carbocycles. The smallest absolute Gasteiger partial charge is 0.129 e. The summed E-state index contributed by atoms with van der Waals surface area (Å²) in [5.41, 5.74) is 4.70. The van der Waals surface area contributed by atoms with Gasteiger partial charge in [-0.3, -0.25) is 9.98 Å². The Morgan fingerprint density at radius 1 is 1.15 bits per heavy atom. The molecule has 0 radical (unpaired) electrons. The van der Waals surface area contributed by atoms with E-state index in [-0.39, 0.29) is 5.82 Å². The monoisotopic (exact) mass is 379 g/mol. The molecule has 1 aliphatic heterocycles. The lowest BCUT2D eigenvalue weighted by Crippen LogP contribution is -2.12. The van der Waals surface area contributed by atoms with Crippen LogP contribution in [-0.4, -0.2) is 21.8 Å². The molecule has 0 fully saturated rings. The average molecular weight is 380 g/mol. The van der Waals surface area contributed by atoms with Crippen LogP contribution in [0.2, 0.25) is 5.02 Å². The molecule has 0 spiro atoms. The number of aliphatic imine (C=N–C) groups is 1. The third-order valence-corrected chi connectivity index (χ3v) is 5.04. The van der Waals surface area contributed by atoms with E-state index in [4.69, 9.17) is 16.6 Å². The summed E-state index contributed by atoms with van der Waals surface area (Å²) in [7, 11) is 0. The molecule has 5 heteroatoms. The predicted molar refractivity (Wildman–Crippen MR) is 108 cm³/mol. The normalized spacial score (nSPS) is 15.8. The van der Waals surface area contributed by atoms with Crippen molar-refractivity contribution in [1.29, 1.82) is 0 Å². The average Bonchev–Trinajstić information content (AvgIpc) is 3.13. The molecule has 4 rings (SSSR count). The molecule has 1 aliphatic rings. The van der Waals surface area contributed by atoms with Crippen LogP contribution in [0, 0.1) is 5.82 Å². The Kier molecular flexibility index (Phi) is 5.16. The Morgan fingerprint density at radius 2 is 2.07 bits per heavy atom. The molecular formula is C22H19ClFN3. The number of benzene rings is 1. The van der Waals surface area contributed by atoms with Gasteiger partial charge < -0.3 is 4.57 Å². The number of halogens is 2. The van der Waals surface area contributed by atoms with Gasteiger partial charge in [0, 0.05) is 47.0 Å². The molecule has 2 aromatic heterocycles. The number of allylic oxidation sites excluding steroid dienone is 1. The van der Waals surface area contributed by atoms with Crippen LogP contribution in [0.25, 0.3) is 6.08 Å². The SMILES string of the molecule is Fc1cccc(Cl)c1Cn1cccc1C=C1CCCN=C1c1cccnc1. The standard InChI is InChI=1S/C22H19ClFN3/c23-20-8-1-9-21(24)19(20)15-27-12-4-7-18(27)13-16-5-3-11-26-22(16)17-6-2-10-25-14-17/h1-2,4,6-10,12-14H,3,5,11,15H2. The summed E-state index contributed by atoms with van der Waals surface area (Å²) < 4.78 is 16.2. The molecule has 27 heavy (non-hydrogen) atoms. The van der Waals surface area contributed by atoms with Gasteiger partial charge in [0.05, 0.1) is 12.3 Å². The lowest BCUT2D eigenvalue weighted by molar-refractivity contribution is 0.599. The summed E-state index contributed by atoms with van der Waals surface area (Å²) in [6.07, 6.45) is 9.67. The number of nitrogens with zero attached hydrogens (tertiary/aromatic N) is 3. The van der Waals surface area contributed by atoms with Gasteiger partial charge in [-0.2, -0.15) is 0 Å². The maximum atomic E-state index is 14.2. The van der Waals surface area contributed by atoms with Crippen molar-refractivity contribution in [2.45, 2.75) is 19.4 Å². The highest BCUT2D eigenvalue weighted by molar-refractivity contribution is 6.31. The number of aromatic nitrogens is 2. The lowest BCUT2D eigenvalue weighted by atomic mass is 9.96. The maximum absolute atomic E-state index is 14.2. The summed E-state index contributed by atoms with van der Waals surface area (Å²) >= 11 is 6.20. The van der Waals surface area contributed by atoms with Crippen molar-refractivity contribution in [3.05, 3.63) is 94.3 Å². The van der Waals surface area contributed by atoms with Crippen molar-refractivity contribution in [3.63, 3.8) is 0 Å². The minimum atomic E-state index is -0.287. The van der Waals surface area contributed by atoms with Crippen LogP contribution < -0.4 is 0 Å². The molecule has 3 nitrogen and oxygen atoms in total. The highest BCUT2D eigenvalue weighted by Gasteiger charge is 2.15. The van der Waals surface area contributed by atoms with Crippen LogP contribution in [0.5, 0.6) is 0 Å². The van der Waals surface area contributed by atoms with Gasteiger partial charge in [-0.15, -0.1) is 0 Å². The Labute approximate surface area is 162 Å². The third kappa shape index (κ3) is 3.86. The van der Waals surface area contributed by atoms with E-state index in [0.29, 0.717) is 17.1 Å². The number of rotatable bonds is 4. The summed E-state index contributed by atoms with van der Waals surface area (Å²) in [5.74, 6) is -0.287. The fourth-order valence-electron chi connectivity index (χ4n) is 3.33. The van der Waals surface area contributed by atoms with Crippen LogP contribution in [0.1, 0.15) is 29.7 Å². The van der Waals surface area contributed by atoms with E-state index < -0.39 is 0 Å². The second-order valence-electron chi connectivity index (χ2n) is 6.51. The van der Waals surface area contributed by atoms with Gasteiger partial charge in [-0.1, -0.05) is 17.7 Å². The van der Waals surface area contributed by atoms with Crippen molar-refractivity contribution in [3.8, 4) is 0 Å². The van der Waals surface area contributed by atoms with Crippen molar-refractivity contribution in [1.82, 2.24) is 9.55 Å². The van der Waals surface area contributed by atoms with Crippen molar-refractivity contribution in [2.24, 2.45) is 4.99 Å². The Bertz CT molecular complexity index is 985. The van der Waals surface area contributed by atoms with Crippen LogP contribution in [-0.2, 0) is 6.54 Å². The first-order valence-corrected chi connectivity index (χ1v) is 9.34. The molecule has 136 valence electrons. The summed E-state index contributed by atoms with van der Waals surface area (Å²) in [4.78, 5) is 8.94. The fourth-order valence-corrected chi connectivity index (χ4v) is 3.56. The second-order valence-corrected chi connectivity index (χ2v) is 6.91. The number of hydrogen-bond acceptors (Lipinski definition) is 2. The Morgan fingerprint density at radius 3 is 2.89 bits per heavy atom. The quantitative estimate of drug-likeness (QED) is 0.597. The van der Waals surface area contributed by atoms with Gasteiger partial charge in [-0.05, 0) is 60.9 Å². The molecule has 0 aliphatic carbocycles. The molecule has 3 heterocycles. The highest BCUT2D eigenvalue weighted by atomic mass is 35.5. The second kappa shape index (κ2) is 7.89. The third-order valence-electron chi connectivity index (χ3n) is 4.69. The van der Waals surface area contributed by atoms with Crippen molar-refractivity contribution >= 4 is 23.4 Å². The number of pyridine rings is 1. The minimum Gasteiger partial charge on any atom is -0.343 e. The van der Waals surface area contributed by atoms with E-state index in [9.17, 15) is 4.39 Å². The van der Waals surface area contributed by atoms with E-state index in [1.807, 2.05) is 41.2 Å². The molecule has 0 saturated heterocycles. The summed E-state index contributed by atoms with van der Waals surface area (Å²) in [5, 5.41) is 0.442. The van der Waals surface area contributed by atoms with Crippen LogP contribution in [0.4, 0.5) is 4.39 Å².